The van der Waals surface area contributed by atoms with E-state index in [0.717, 1.165) is 28.1 Å². The number of nitriles is 1. The molecule has 0 bridgehead atoms. The van der Waals surface area contributed by atoms with Gasteiger partial charge in [0.2, 0.25) is 17.7 Å². The Morgan fingerprint density at radius 2 is 1.77 bits per heavy atom. The van der Waals surface area contributed by atoms with E-state index in [1.54, 1.807) is 41.7 Å². The molecule has 2 aromatic carbocycles. The summed E-state index contributed by atoms with van der Waals surface area (Å²) in [5.74, 6) is 5.54. The Labute approximate surface area is 414 Å². The summed E-state index contributed by atoms with van der Waals surface area (Å²) in [6, 6.07) is 16.3. The third-order valence-corrected chi connectivity index (χ3v) is 14.8. The van der Waals surface area contributed by atoms with Gasteiger partial charge in [0.05, 0.1) is 56.6 Å². The first-order valence-corrected chi connectivity index (χ1v) is 24.7. The molecule has 4 atom stereocenters. The van der Waals surface area contributed by atoms with Gasteiger partial charge in [-0.3, -0.25) is 19.2 Å². The molecule has 1 saturated carbocycles. The van der Waals surface area contributed by atoms with Crippen molar-refractivity contribution in [2.75, 3.05) is 19.8 Å². The molecule has 16 heteroatoms. The number of amides is 4. The Bertz CT molecular complexity index is 2680. The van der Waals surface area contributed by atoms with Crippen molar-refractivity contribution in [3.63, 3.8) is 0 Å². The fourth-order valence-electron chi connectivity index (χ4n) is 10.4. The quantitative estimate of drug-likeness (QED) is 0.0785. The highest BCUT2D eigenvalue weighted by molar-refractivity contribution is 7.13. The molecule has 0 radical (unpaired) electrons. The summed E-state index contributed by atoms with van der Waals surface area (Å²) in [4.78, 5) is 68.1. The molecule has 2 aliphatic heterocycles. The summed E-state index contributed by atoms with van der Waals surface area (Å²) in [7, 11) is 0. The van der Waals surface area contributed by atoms with Crippen LogP contribution in [-0.2, 0) is 25.7 Å². The van der Waals surface area contributed by atoms with Gasteiger partial charge in [0, 0.05) is 48.9 Å². The molecule has 69 heavy (non-hydrogen) atoms. The van der Waals surface area contributed by atoms with Gasteiger partial charge in [0.15, 0.2) is 0 Å². The minimum Gasteiger partial charge on any atom is -0.489 e. The number of carbonyl (C=O) groups excluding carboxylic acids is 4. The van der Waals surface area contributed by atoms with Crippen LogP contribution in [0.2, 0.25) is 5.02 Å². The zero-order valence-corrected chi connectivity index (χ0v) is 42.4. The van der Waals surface area contributed by atoms with E-state index >= 15 is 0 Å². The highest BCUT2D eigenvalue weighted by Gasteiger charge is 2.67. The number of aromatic nitrogens is 2. The molecule has 7 rings (SSSR count). The van der Waals surface area contributed by atoms with Crippen LogP contribution in [0.5, 0.6) is 5.75 Å². The molecular weight excluding hydrogens is 914 g/mol. The van der Waals surface area contributed by atoms with Crippen molar-refractivity contribution < 1.29 is 33.8 Å². The van der Waals surface area contributed by atoms with Gasteiger partial charge in [0.25, 0.3) is 5.91 Å². The zero-order chi connectivity index (χ0) is 50.0. The Balaban J connectivity index is 0.849. The molecule has 4 amide bonds. The second kappa shape index (κ2) is 20.6. The lowest BCUT2D eigenvalue weighted by atomic mass is 9.49. The Kier molecular flexibility index (Phi) is 15.3. The summed E-state index contributed by atoms with van der Waals surface area (Å²) in [6.45, 7) is 18.2. The molecule has 4 heterocycles. The minimum atomic E-state index is -0.968. The van der Waals surface area contributed by atoms with Crippen molar-refractivity contribution in [1.82, 2.24) is 30.4 Å². The van der Waals surface area contributed by atoms with E-state index in [9.17, 15) is 29.5 Å². The van der Waals surface area contributed by atoms with Crippen molar-refractivity contribution in [2.24, 2.45) is 16.2 Å². The number of β-amino-alcohol motifs (C(OH)–C–C–N with tert-alkyl or cyclic N) is 1. The number of unbranched alkanes of at least 4 members (excludes halogenated alkanes) is 2. The molecule has 1 aliphatic carbocycles. The van der Waals surface area contributed by atoms with E-state index in [-0.39, 0.29) is 49.6 Å². The summed E-state index contributed by atoms with van der Waals surface area (Å²) < 4.78 is 12.1. The summed E-state index contributed by atoms with van der Waals surface area (Å²) in [5.41, 5.74) is 5.44. The first-order valence-electron chi connectivity index (χ1n) is 23.4. The van der Waals surface area contributed by atoms with Crippen LogP contribution < -0.4 is 15.4 Å². The summed E-state index contributed by atoms with van der Waals surface area (Å²) >= 11 is 7.85. The molecule has 3 aliphatic rings. The second-order valence-corrected chi connectivity index (χ2v) is 21.9. The SMILES string of the molecule is Cc1ncsc1-c1ccc([C@H](C)NC(=O)[C@@H]2C[C@@H](O)CN2C(=O)[C@@H](NC(=O)COCCCCC#Cc2ccc3c(n2)CN(C2C(C)(C)C(Oc4ccc(C#N)c(Cl)c4)C2(C)C)C3=O)C(C)(C)C)cc1. The second-order valence-electron chi connectivity index (χ2n) is 20.6. The Morgan fingerprint density at radius 3 is 2.42 bits per heavy atom. The van der Waals surface area contributed by atoms with Crippen molar-refractivity contribution in [2.45, 2.75) is 131 Å². The molecule has 0 unspecified atom stereocenters. The van der Waals surface area contributed by atoms with Crippen LogP contribution in [0.15, 0.2) is 60.1 Å². The summed E-state index contributed by atoms with van der Waals surface area (Å²) in [6.07, 6.45) is 0.927. The predicted octanol–water partition coefficient (Wildman–Crippen LogP) is 7.79. The van der Waals surface area contributed by atoms with Crippen LogP contribution in [0.4, 0.5) is 0 Å². The number of rotatable bonds is 15. The van der Waals surface area contributed by atoms with Crippen LogP contribution in [0.1, 0.15) is 126 Å². The standard InChI is InChI=1S/C53H62ClN7O7S/c1-31(33-15-17-34(18-16-33)44-32(2)56-30-69-44)57-46(64)42-24-37(62)27-60(42)48(66)45(51(3,4)5)59-43(63)29-67-23-13-11-10-12-14-36-20-22-39-41(58-36)28-61(47(39)65)49-52(6,7)50(53(49,8)9)68-38-21-19-35(26-55)40(54)25-38/h15-22,25,30-31,37,42,45,49-50,62H,10-11,13,23-24,27-29H2,1-9H3,(H,57,64)(H,59,63)/t31-,37+,42-,45+,49?,50?/m0/s1. The fraction of sp³-hybridized carbons (Fsp3) is 0.491. The number of pyridine rings is 1. The van der Waals surface area contributed by atoms with Crippen LogP contribution in [0.25, 0.3) is 10.4 Å². The number of carbonyl (C=O) groups is 4. The van der Waals surface area contributed by atoms with E-state index in [0.29, 0.717) is 59.3 Å². The van der Waals surface area contributed by atoms with E-state index < -0.39 is 46.2 Å². The number of nitrogens with one attached hydrogen (secondary N) is 2. The van der Waals surface area contributed by atoms with Crippen LogP contribution in [-0.4, -0.2) is 98.6 Å². The number of nitrogens with zero attached hydrogens (tertiary/aromatic N) is 5. The number of hydrogen-bond donors (Lipinski definition) is 3. The molecular formula is C53H62ClN7O7S. The maximum atomic E-state index is 14.1. The van der Waals surface area contributed by atoms with Crippen molar-refractivity contribution in [3.05, 3.63) is 98.9 Å². The molecule has 1 saturated heterocycles. The van der Waals surface area contributed by atoms with E-state index in [1.165, 1.54) is 4.90 Å². The van der Waals surface area contributed by atoms with Gasteiger partial charge in [-0.2, -0.15) is 5.26 Å². The van der Waals surface area contributed by atoms with Gasteiger partial charge in [-0.15, -0.1) is 11.3 Å². The molecule has 3 N–H and O–H groups in total. The smallest absolute Gasteiger partial charge is 0.256 e. The zero-order valence-electron chi connectivity index (χ0n) is 40.8. The van der Waals surface area contributed by atoms with Gasteiger partial charge < -0.3 is 35.0 Å². The first-order chi connectivity index (χ1) is 32.6. The highest BCUT2D eigenvalue weighted by Crippen LogP contribution is 2.59. The summed E-state index contributed by atoms with van der Waals surface area (Å²) in [5, 5.41) is 26.1. The molecule has 364 valence electrons. The number of benzene rings is 2. The number of hydrogen-bond acceptors (Lipinski definition) is 11. The number of halogens is 1. The van der Waals surface area contributed by atoms with Gasteiger partial charge in [-0.1, -0.05) is 90.3 Å². The average molecular weight is 977 g/mol. The predicted molar refractivity (Wildman–Crippen MR) is 264 cm³/mol. The average Bonchev–Trinajstić information content (AvgIpc) is 4.00. The number of aliphatic hydroxyl groups is 1. The Morgan fingerprint density at radius 1 is 1.04 bits per heavy atom. The molecule has 2 aromatic heterocycles. The van der Waals surface area contributed by atoms with Gasteiger partial charge >= 0.3 is 0 Å². The van der Waals surface area contributed by atoms with Gasteiger partial charge in [0.1, 0.15) is 42.3 Å². The third kappa shape index (κ3) is 11.0. The van der Waals surface area contributed by atoms with Crippen molar-refractivity contribution in [3.8, 4) is 34.1 Å². The van der Waals surface area contributed by atoms with Crippen LogP contribution in [0, 0.1) is 46.3 Å². The number of aliphatic hydroxyl groups excluding tert-OH is 1. The third-order valence-electron chi connectivity index (χ3n) is 13.5. The number of ether oxygens (including phenoxy) is 2. The monoisotopic (exact) mass is 975 g/mol. The topological polar surface area (TPSA) is 187 Å². The van der Waals surface area contributed by atoms with Crippen molar-refractivity contribution >= 4 is 46.6 Å². The minimum absolute atomic E-state index is 0.0225. The Hall–Kier alpha value is -5.84. The van der Waals surface area contributed by atoms with Crippen molar-refractivity contribution in [1.29, 1.82) is 5.26 Å². The number of likely N-dealkylation sites (tertiary alicyclic amines) is 1. The molecule has 2 fully saturated rings. The first kappa shape index (κ1) is 51.0. The molecule has 4 aromatic rings. The van der Waals surface area contributed by atoms with E-state index in [2.05, 4.69) is 61.2 Å². The normalized spacial score (nSPS) is 21.0. The maximum absolute atomic E-state index is 14.1. The lowest BCUT2D eigenvalue weighted by Crippen LogP contribution is -2.74. The van der Waals surface area contributed by atoms with E-state index in [4.69, 9.17) is 26.1 Å². The van der Waals surface area contributed by atoms with E-state index in [1.807, 2.05) is 69.3 Å². The maximum Gasteiger partial charge on any atom is 0.256 e. The molecule has 0 spiro atoms. The van der Waals surface area contributed by atoms with Crippen LogP contribution >= 0.6 is 22.9 Å². The number of thiazole rings is 1. The highest BCUT2D eigenvalue weighted by atomic mass is 35.5. The van der Waals surface area contributed by atoms with Gasteiger partial charge in [-0.25, -0.2) is 9.97 Å². The van der Waals surface area contributed by atoms with Gasteiger partial charge in [-0.05, 0) is 73.4 Å². The fourth-order valence-corrected chi connectivity index (χ4v) is 11.5. The van der Waals surface area contributed by atoms with Crippen LogP contribution in [0.3, 0.4) is 0 Å². The number of aryl methyl sites for hydroxylation is 1. The largest absolute Gasteiger partial charge is 0.489 e. The number of fused-ring (bicyclic) bond motifs is 1. The lowest BCUT2D eigenvalue weighted by molar-refractivity contribution is -0.199. The lowest BCUT2D eigenvalue weighted by Gasteiger charge is -2.65. The molecule has 14 nitrogen and oxygen atoms in total.